The molecule has 0 atom stereocenters. The molecule has 0 aliphatic rings. The molecule has 0 amide bonds. The zero-order chi connectivity index (χ0) is 15.0. The molecule has 21 heavy (non-hydrogen) atoms. The van der Waals surface area contributed by atoms with E-state index in [1.807, 2.05) is 42.5 Å². The SMILES string of the molecule is CC(C)Oc1ccc(-c2nnc3ccc(Cl)cn23)cc1N. The molecule has 3 rings (SSSR count). The quantitative estimate of drug-likeness (QED) is 0.753. The molecule has 5 nitrogen and oxygen atoms in total. The van der Waals surface area contributed by atoms with Gasteiger partial charge in [-0.15, -0.1) is 10.2 Å². The Morgan fingerprint density at radius 2 is 2.00 bits per heavy atom. The van der Waals surface area contributed by atoms with E-state index in [-0.39, 0.29) is 6.10 Å². The van der Waals surface area contributed by atoms with E-state index in [1.54, 1.807) is 12.3 Å². The molecule has 6 heteroatoms. The number of nitrogen functional groups attached to an aromatic ring is 1. The van der Waals surface area contributed by atoms with Crippen molar-refractivity contribution in [2.75, 3.05) is 5.73 Å². The summed E-state index contributed by atoms with van der Waals surface area (Å²) in [6, 6.07) is 9.18. The number of rotatable bonds is 3. The maximum Gasteiger partial charge on any atom is 0.168 e. The number of anilines is 1. The zero-order valence-electron chi connectivity index (χ0n) is 11.7. The molecule has 0 fully saturated rings. The molecule has 0 unspecified atom stereocenters. The Bertz CT molecular complexity index is 797. The van der Waals surface area contributed by atoms with Crippen LogP contribution in [0.5, 0.6) is 5.75 Å². The number of nitrogens with two attached hydrogens (primary N) is 1. The van der Waals surface area contributed by atoms with E-state index in [2.05, 4.69) is 10.2 Å². The van der Waals surface area contributed by atoms with Crippen LogP contribution in [0.15, 0.2) is 36.5 Å². The summed E-state index contributed by atoms with van der Waals surface area (Å²) in [6.07, 6.45) is 1.85. The third-order valence-electron chi connectivity index (χ3n) is 3.00. The number of hydrogen-bond donors (Lipinski definition) is 1. The third kappa shape index (κ3) is 2.64. The first-order valence-corrected chi connectivity index (χ1v) is 6.99. The minimum atomic E-state index is 0.0749. The maximum atomic E-state index is 6.04. The fourth-order valence-corrected chi connectivity index (χ4v) is 2.27. The van der Waals surface area contributed by atoms with Crippen molar-refractivity contribution in [2.45, 2.75) is 20.0 Å². The van der Waals surface area contributed by atoms with Gasteiger partial charge in [0, 0.05) is 11.8 Å². The highest BCUT2D eigenvalue weighted by molar-refractivity contribution is 6.30. The van der Waals surface area contributed by atoms with Gasteiger partial charge in [-0.25, -0.2) is 0 Å². The highest BCUT2D eigenvalue weighted by atomic mass is 35.5. The van der Waals surface area contributed by atoms with Crippen LogP contribution in [0.1, 0.15) is 13.8 Å². The van der Waals surface area contributed by atoms with E-state index < -0.39 is 0 Å². The summed E-state index contributed by atoms with van der Waals surface area (Å²) in [5.74, 6) is 1.36. The van der Waals surface area contributed by atoms with E-state index in [0.717, 1.165) is 11.2 Å². The van der Waals surface area contributed by atoms with Crippen molar-refractivity contribution in [3.63, 3.8) is 0 Å². The first-order chi connectivity index (χ1) is 10.0. The van der Waals surface area contributed by atoms with Gasteiger partial charge in [0.15, 0.2) is 11.5 Å². The number of halogens is 1. The summed E-state index contributed by atoms with van der Waals surface area (Å²) in [7, 11) is 0. The second-order valence-corrected chi connectivity index (χ2v) is 5.45. The largest absolute Gasteiger partial charge is 0.489 e. The summed E-state index contributed by atoms with van der Waals surface area (Å²) in [5, 5.41) is 8.94. The Hall–Kier alpha value is -2.27. The average Bonchev–Trinajstić information content (AvgIpc) is 2.83. The lowest BCUT2D eigenvalue weighted by Gasteiger charge is -2.12. The van der Waals surface area contributed by atoms with Crippen LogP contribution in [-0.2, 0) is 0 Å². The molecule has 0 saturated carbocycles. The summed E-state index contributed by atoms with van der Waals surface area (Å²) in [6.45, 7) is 3.92. The van der Waals surface area contributed by atoms with Crippen LogP contribution in [0.3, 0.4) is 0 Å². The second kappa shape index (κ2) is 5.26. The molecule has 0 radical (unpaired) electrons. The fourth-order valence-electron chi connectivity index (χ4n) is 2.11. The van der Waals surface area contributed by atoms with Crippen LogP contribution in [0.25, 0.3) is 17.0 Å². The van der Waals surface area contributed by atoms with Crippen LogP contribution < -0.4 is 10.5 Å². The normalized spacial score (nSPS) is 11.2. The van der Waals surface area contributed by atoms with Gasteiger partial charge >= 0.3 is 0 Å². The van der Waals surface area contributed by atoms with Crippen molar-refractivity contribution in [3.05, 3.63) is 41.6 Å². The summed E-state index contributed by atoms with van der Waals surface area (Å²) in [5.41, 5.74) is 8.20. The summed E-state index contributed by atoms with van der Waals surface area (Å²) in [4.78, 5) is 0. The smallest absolute Gasteiger partial charge is 0.168 e. The standard InChI is InChI=1S/C15H15ClN4O/c1-9(2)21-13-5-3-10(7-12(13)17)15-19-18-14-6-4-11(16)8-20(14)15/h3-9H,17H2,1-2H3. The molecular formula is C15H15ClN4O. The van der Waals surface area contributed by atoms with Crippen LogP contribution in [0.4, 0.5) is 5.69 Å². The lowest BCUT2D eigenvalue weighted by molar-refractivity contribution is 0.244. The Balaban J connectivity index is 2.06. The topological polar surface area (TPSA) is 65.4 Å². The third-order valence-corrected chi connectivity index (χ3v) is 3.22. The number of benzene rings is 1. The molecule has 2 aromatic heterocycles. The van der Waals surface area contributed by atoms with Crippen LogP contribution >= 0.6 is 11.6 Å². The van der Waals surface area contributed by atoms with Gasteiger partial charge in [0.2, 0.25) is 0 Å². The highest BCUT2D eigenvalue weighted by Crippen LogP contribution is 2.29. The first kappa shape index (κ1) is 13.7. The van der Waals surface area contributed by atoms with Gasteiger partial charge in [-0.1, -0.05) is 11.6 Å². The van der Waals surface area contributed by atoms with Gasteiger partial charge in [0.25, 0.3) is 0 Å². The van der Waals surface area contributed by atoms with E-state index in [0.29, 0.717) is 22.3 Å². The maximum absolute atomic E-state index is 6.04. The van der Waals surface area contributed by atoms with Crippen molar-refractivity contribution >= 4 is 22.9 Å². The fraction of sp³-hybridized carbons (Fsp3) is 0.200. The molecule has 2 heterocycles. The van der Waals surface area contributed by atoms with Gasteiger partial charge < -0.3 is 10.5 Å². The van der Waals surface area contributed by atoms with E-state index in [9.17, 15) is 0 Å². The summed E-state index contributed by atoms with van der Waals surface area (Å²) < 4.78 is 7.47. The van der Waals surface area contributed by atoms with Crippen molar-refractivity contribution < 1.29 is 4.74 Å². The Labute approximate surface area is 127 Å². The second-order valence-electron chi connectivity index (χ2n) is 5.02. The minimum Gasteiger partial charge on any atom is -0.489 e. The van der Waals surface area contributed by atoms with E-state index in [4.69, 9.17) is 22.1 Å². The number of pyridine rings is 1. The molecular weight excluding hydrogens is 288 g/mol. The monoisotopic (exact) mass is 302 g/mol. The molecule has 0 saturated heterocycles. The molecule has 0 aliphatic heterocycles. The predicted molar refractivity (Wildman–Crippen MR) is 83.6 cm³/mol. The number of fused-ring (bicyclic) bond motifs is 1. The van der Waals surface area contributed by atoms with Gasteiger partial charge in [-0.05, 0) is 44.2 Å². The van der Waals surface area contributed by atoms with Crippen LogP contribution in [0.2, 0.25) is 5.02 Å². The number of ether oxygens (including phenoxy) is 1. The van der Waals surface area contributed by atoms with Gasteiger partial charge in [-0.2, -0.15) is 0 Å². The van der Waals surface area contributed by atoms with Crippen molar-refractivity contribution in [1.82, 2.24) is 14.6 Å². The Morgan fingerprint density at radius 1 is 1.19 bits per heavy atom. The average molecular weight is 303 g/mol. The molecule has 0 aliphatic carbocycles. The van der Waals surface area contributed by atoms with Crippen molar-refractivity contribution in [1.29, 1.82) is 0 Å². The number of nitrogens with zero attached hydrogens (tertiary/aromatic N) is 3. The first-order valence-electron chi connectivity index (χ1n) is 6.61. The van der Waals surface area contributed by atoms with Gasteiger partial charge in [0.1, 0.15) is 5.75 Å². The van der Waals surface area contributed by atoms with Gasteiger partial charge in [-0.3, -0.25) is 4.40 Å². The van der Waals surface area contributed by atoms with Crippen LogP contribution in [-0.4, -0.2) is 20.7 Å². The molecule has 0 bridgehead atoms. The van der Waals surface area contributed by atoms with Crippen molar-refractivity contribution in [2.24, 2.45) is 0 Å². The summed E-state index contributed by atoms with van der Waals surface area (Å²) >= 11 is 6.03. The number of aromatic nitrogens is 3. The predicted octanol–water partition coefficient (Wildman–Crippen LogP) is 3.42. The molecule has 108 valence electrons. The van der Waals surface area contributed by atoms with E-state index >= 15 is 0 Å². The van der Waals surface area contributed by atoms with E-state index in [1.165, 1.54) is 0 Å². The molecule has 0 spiro atoms. The molecule has 3 aromatic rings. The van der Waals surface area contributed by atoms with Crippen LogP contribution in [0, 0.1) is 0 Å². The lowest BCUT2D eigenvalue weighted by atomic mass is 10.1. The zero-order valence-corrected chi connectivity index (χ0v) is 12.5. The van der Waals surface area contributed by atoms with Gasteiger partial charge in [0.05, 0.1) is 16.8 Å². The minimum absolute atomic E-state index is 0.0749. The lowest BCUT2D eigenvalue weighted by Crippen LogP contribution is -2.07. The molecule has 1 aromatic carbocycles. The Kier molecular flexibility index (Phi) is 3.43. The molecule has 2 N–H and O–H groups in total. The van der Waals surface area contributed by atoms with Crippen molar-refractivity contribution in [3.8, 4) is 17.1 Å². The highest BCUT2D eigenvalue weighted by Gasteiger charge is 2.11. The number of hydrogen-bond acceptors (Lipinski definition) is 4. The Morgan fingerprint density at radius 3 is 2.71 bits per heavy atom.